The van der Waals surface area contributed by atoms with Gasteiger partial charge in [0.15, 0.2) is 0 Å². The van der Waals surface area contributed by atoms with Gasteiger partial charge in [-0.05, 0) is 24.3 Å². The molecule has 0 N–H and O–H groups in total. The minimum absolute atomic E-state index is 0.0994. The highest BCUT2D eigenvalue weighted by molar-refractivity contribution is 5.88. The number of hydrogen-bond donors (Lipinski definition) is 0. The Hall–Kier alpha value is -3.79. The van der Waals surface area contributed by atoms with Gasteiger partial charge < -0.3 is 0 Å². The zero-order chi connectivity index (χ0) is 18.2. The maximum Gasteiger partial charge on any atom is 0.266 e. The largest absolute Gasteiger partial charge is 0.268 e. The molecule has 27 heavy (non-hydrogen) atoms. The molecule has 0 saturated heterocycles. The lowest BCUT2D eigenvalue weighted by Crippen LogP contribution is -2.22. The molecular weight excluding hydrogens is 334 g/mol. The molecule has 0 aliphatic rings. The first-order valence-corrected chi connectivity index (χ1v) is 8.74. The van der Waals surface area contributed by atoms with Gasteiger partial charge >= 0.3 is 0 Å². The van der Waals surface area contributed by atoms with E-state index in [2.05, 4.69) is 4.98 Å². The summed E-state index contributed by atoms with van der Waals surface area (Å²) in [5.74, 6) is 0.609. The fraction of sp³-hybridized carbons (Fsp3) is 0. The zero-order valence-corrected chi connectivity index (χ0v) is 14.4. The summed E-state index contributed by atoms with van der Waals surface area (Å²) in [5.41, 5.74) is 2.98. The van der Waals surface area contributed by atoms with Gasteiger partial charge in [0, 0.05) is 17.1 Å². The Balaban J connectivity index is 1.96. The summed E-state index contributed by atoms with van der Waals surface area (Å²) in [6, 6.07) is 27.0. The van der Waals surface area contributed by atoms with Gasteiger partial charge in [-0.1, -0.05) is 60.7 Å². The molecule has 0 saturated carbocycles. The Morgan fingerprint density at radius 3 is 2.41 bits per heavy atom. The van der Waals surface area contributed by atoms with E-state index in [0.29, 0.717) is 16.7 Å². The molecule has 0 aliphatic carbocycles. The SMILES string of the molecule is O=c1c2ccccc2nc(-c2ccccc2)n1-c1cccc2cccnc12. The maximum atomic E-state index is 13.5. The van der Waals surface area contributed by atoms with Crippen LogP contribution in [0.25, 0.3) is 38.9 Å². The third-order valence-corrected chi connectivity index (χ3v) is 4.66. The smallest absolute Gasteiger partial charge is 0.266 e. The second-order valence-corrected chi connectivity index (χ2v) is 6.31. The molecule has 0 unspecified atom stereocenters. The molecule has 0 spiro atoms. The summed E-state index contributed by atoms with van der Waals surface area (Å²) in [6.45, 7) is 0. The van der Waals surface area contributed by atoms with Crippen LogP contribution in [0.15, 0.2) is 95.9 Å². The maximum absolute atomic E-state index is 13.5. The topological polar surface area (TPSA) is 47.8 Å². The molecule has 4 heteroatoms. The normalized spacial score (nSPS) is 11.1. The Labute approximate surface area is 155 Å². The van der Waals surface area contributed by atoms with Crippen LogP contribution in [0.2, 0.25) is 0 Å². The molecule has 5 aromatic rings. The summed E-state index contributed by atoms with van der Waals surface area (Å²) >= 11 is 0. The van der Waals surface area contributed by atoms with E-state index in [0.717, 1.165) is 22.2 Å². The van der Waals surface area contributed by atoms with E-state index in [-0.39, 0.29) is 5.56 Å². The van der Waals surface area contributed by atoms with Crippen LogP contribution in [-0.4, -0.2) is 14.5 Å². The third kappa shape index (κ3) is 2.50. The molecule has 0 amide bonds. The Kier molecular flexibility index (Phi) is 3.54. The van der Waals surface area contributed by atoms with Crippen LogP contribution in [0.3, 0.4) is 0 Å². The van der Waals surface area contributed by atoms with Crippen LogP contribution in [-0.2, 0) is 0 Å². The number of pyridine rings is 1. The molecule has 2 aromatic heterocycles. The predicted octanol–water partition coefficient (Wildman–Crippen LogP) is 4.60. The van der Waals surface area contributed by atoms with Crippen LogP contribution >= 0.6 is 0 Å². The summed E-state index contributed by atoms with van der Waals surface area (Å²) in [4.78, 5) is 22.8. The monoisotopic (exact) mass is 349 g/mol. The average molecular weight is 349 g/mol. The number of aromatic nitrogens is 3. The first kappa shape index (κ1) is 15.5. The van der Waals surface area contributed by atoms with Crippen molar-refractivity contribution in [2.45, 2.75) is 0 Å². The number of benzene rings is 3. The number of hydrogen-bond acceptors (Lipinski definition) is 3. The summed E-state index contributed by atoms with van der Waals surface area (Å²) in [5, 5.41) is 1.57. The van der Waals surface area contributed by atoms with E-state index in [9.17, 15) is 4.79 Å². The number of fused-ring (bicyclic) bond motifs is 2. The Bertz CT molecular complexity index is 1340. The fourth-order valence-electron chi connectivity index (χ4n) is 3.41. The van der Waals surface area contributed by atoms with Gasteiger partial charge in [0.2, 0.25) is 0 Å². The van der Waals surface area contributed by atoms with Crippen LogP contribution in [0.1, 0.15) is 0 Å². The second-order valence-electron chi connectivity index (χ2n) is 6.31. The molecule has 0 atom stereocenters. The molecule has 0 radical (unpaired) electrons. The minimum atomic E-state index is -0.0994. The van der Waals surface area contributed by atoms with Crippen LogP contribution in [0, 0.1) is 0 Å². The lowest BCUT2D eigenvalue weighted by atomic mass is 10.1. The van der Waals surface area contributed by atoms with Gasteiger partial charge in [0.1, 0.15) is 5.82 Å². The highest BCUT2D eigenvalue weighted by Crippen LogP contribution is 2.25. The molecule has 0 bridgehead atoms. The fourth-order valence-corrected chi connectivity index (χ4v) is 3.41. The van der Waals surface area contributed by atoms with Crippen molar-refractivity contribution >= 4 is 21.8 Å². The molecule has 3 aromatic carbocycles. The van der Waals surface area contributed by atoms with Gasteiger partial charge in [-0.3, -0.25) is 14.3 Å². The van der Waals surface area contributed by atoms with Crippen molar-refractivity contribution in [2.75, 3.05) is 0 Å². The Morgan fingerprint density at radius 2 is 1.52 bits per heavy atom. The Morgan fingerprint density at radius 1 is 0.741 bits per heavy atom. The quantitative estimate of drug-likeness (QED) is 0.468. The first-order valence-electron chi connectivity index (χ1n) is 8.74. The highest BCUT2D eigenvalue weighted by atomic mass is 16.1. The minimum Gasteiger partial charge on any atom is -0.268 e. The first-order chi connectivity index (χ1) is 13.3. The number of rotatable bonds is 2. The van der Waals surface area contributed by atoms with E-state index in [1.165, 1.54) is 0 Å². The van der Waals surface area contributed by atoms with E-state index >= 15 is 0 Å². The van der Waals surface area contributed by atoms with E-state index in [1.807, 2.05) is 84.9 Å². The molecule has 5 rings (SSSR count). The summed E-state index contributed by atoms with van der Waals surface area (Å²) in [7, 11) is 0. The van der Waals surface area contributed by atoms with Crippen LogP contribution < -0.4 is 5.56 Å². The molecule has 2 heterocycles. The number of para-hydroxylation sites is 2. The van der Waals surface area contributed by atoms with E-state index in [4.69, 9.17) is 4.98 Å². The van der Waals surface area contributed by atoms with Crippen LogP contribution in [0.5, 0.6) is 0 Å². The zero-order valence-electron chi connectivity index (χ0n) is 14.4. The molecule has 0 fully saturated rings. The van der Waals surface area contributed by atoms with Crippen molar-refractivity contribution in [1.29, 1.82) is 0 Å². The average Bonchev–Trinajstić information content (AvgIpc) is 2.74. The highest BCUT2D eigenvalue weighted by Gasteiger charge is 2.16. The summed E-state index contributed by atoms with van der Waals surface area (Å²) < 4.78 is 1.67. The second kappa shape index (κ2) is 6.18. The van der Waals surface area contributed by atoms with Gasteiger partial charge in [0.25, 0.3) is 5.56 Å². The van der Waals surface area contributed by atoms with Crippen molar-refractivity contribution in [2.24, 2.45) is 0 Å². The molecular formula is C23H15N3O. The summed E-state index contributed by atoms with van der Waals surface area (Å²) in [6.07, 6.45) is 1.74. The van der Waals surface area contributed by atoms with Gasteiger partial charge in [-0.15, -0.1) is 0 Å². The lowest BCUT2D eigenvalue weighted by molar-refractivity contribution is 0.980. The van der Waals surface area contributed by atoms with Crippen molar-refractivity contribution in [3.8, 4) is 17.1 Å². The van der Waals surface area contributed by atoms with Crippen LogP contribution in [0.4, 0.5) is 0 Å². The van der Waals surface area contributed by atoms with Gasteiger partial charge in [-0.2, -0.15) is 0 Å². The van der Waals surface area contributed by atoms with E-state index in [1.54, 1.807) is 10.8 Å². The molecule has 4 nitrogen and oxygen atoms in total. The van der Waals surface area contributed by atoms with E-state index < -0.39 is 0 Å². The van der Waals surface area contributed by atoms with Crippen molar-refractivity contribution in [3.63, 3.8) is 0 Å². The number of nitrogens with zero attached hydrogens (tertiary/aromatic N) is 3. The predicted molar refractivity (Wildman–Crippen MR) is 108 cm³/mol. The van der Waals surface area contributed by atoms with Crippen molar-refractivity contribution in [3.05, 3.63) is 101 Å². The molecule has 128 valence electrons. The van der Waals surface area contributed by atoms with Gasteiger partial charge in [0.05, 0.1) is 22.1 Å². The van der Waals surface area contributed by atoms with Crippen molar-refractivity contribution < 1.29 is 0 Å². The third-order valence-electron chi connectivity index (χ3n) is 4.66. The lowest BCUT2D eigenvalue weighted by Gasteiger charge is -2.15. The molecule has 0 aliphatic heterocycles. The van der Waals surface area contributed by atoms with Crippen molar-refractivity contribution in [1.82, 2.24) is 14.5 Å². The standard InChI is InChI=1S/C23H15N3O/c27-23-18-12-4-5-13-19(18)25-22(17-8-2-1-3-9-17)26(23)20-14-6-10-16-11-7-15-24-21(16)20/h1-15H. The van der Waals surface area contributed by atoms with Gasteiger partial charge in [-0.25, -0.2) is 4.98 Å².